The monoisotopic (exact) mass is 242 g/mol. The molecular formula is C14H26O3. The van der Waals surface area contributed by atoms with Gasteiger partial charge in [0.15, 0.2) is 0 Å². The summed E-state index contributed by atoms with van der Waals surface area (Å²) < 4.78 is 10.5. The predicted molar refractivity (Wildman–Crippen MR) is 67.8 cm³/mol. The van der Waals surface area contributed by atoms with Crippen LogP contribution in [-0.4, -0.2) is 18.4 Å². The van der Waals surface area contributed by atoms with E-state index in [0.717, 1.165) is 12.8 Å². The van der Waals surface area contributed by atoms with Gasteiger partial charge in [-0.15, -0.1) is 0 Å². The van der Waals surface area contributed by atoms with Crippen LogP contribution in [0.2, 0.25) is 0 Å². The zero-order valence-electron chi connectivity index (χ0n) is 11.7. The minimum atomic E-state index is -0.509. The van der Waals surface area contributed by atoms with Gasteiger partial charge in [-0.3, -0.25) is 0 Å². The summed E-state index contributed by atoms with van der Waals surface area (Å²) in [6, 6.07) is 0. The van der Waals surface area contributed by atoms with E-state index in [1.54, 1.807) is 0 Å². The lowest BCUT2D eigenvalue weighted by Crippen LogP contribution is -2.36. The van der Waals surface area contributed by atoms with Gasteiger partial charge >= 0.3 is 6.16 Å². The SMILES string of the molecule is CC(C)OC(=O)O[C@@H]1C[C@H](C)CCC1C(C)C. The fourth-order valence-corrected chi connectivity index (χ4v) is 2.59. The highest BCUT2D eigenvalue weighted by Gasteiger charge is 2.33. The van der Waals surface area contributed by atoms with E-state index >= 15 is 0 Å². The minimum Gasteiger partial charge on any atom is -0.432 e. The highest BCUT2D eigenvalue weighted by atomic mass is 16.7. The fourth-order valence-electron chi connectivity index (χ4n) is 2.59. The molecule has 0 bridgehead atoms. The van der Waals surface area contributed by atoms with Crippen LogP contribution in [0.1, 0.15) is 53.9 Å². The van der Waals surface area contributed by atoms with Gasteiger partial charge in [-0.2, -0.15) is 0 Å². The summed E-state index contributed by atoms with van der Waals surface area (Å²) in [6.07, 6.45) is 2.77. The Hall–Kier alpha value is -0.730. The molecule has 100 valence electrons. The molecule has 0 radical (unpaired) electrons. The molecule has 3 heteroatoms. The van der Waals surface area contributed by atoms with Gasteiger partial charge in [0.2, 0.25) is 0 Å². The quantitative estimate of drug-likeness (QED) is 0.701. The Morgan fingerprint density at radius 2 is 1.82 bits per heavy atom. The lowest BCUT2D eigenvalue weighted by Gasteiger charge is -2.36. The van der Waals surface area contributed by atoms with Crippen molar-refractivity contribution in [3.8, 4) is 0 Å². The van der Waals surface area contributed by atoms with E-state index in [4.69, 9.17) is 9.47 Å². The van der Waals surface area contributed by atoms with E-state index in [0.29, 0.717) is 17.8 Å². The molecule has 0 aromatic heterocycles. The largest absolute Gasteiger partial charge is 0.508 e. The summed E-state index contributed by atoms with van der Waals surface area (Å²) in [6.45, 7) is 10.3. The molecule has 1 rings (SSSR count). The zero-order valence-corrected chi connectivity index (χ0v) is 11.7. The number of hydrogen-bond acceptors (Lipinski definition) is 3. The fraction of sp³-hybridized carbons (Fsp3) is 0.929. The number of ether oxygens (including phenoxy) is 2. The first-order chi connectivity index (χ1) is 7.90. The lowest BCUT2D eigenvalue weighted by molar-refractivity contribution is -0.0405. The van der Waals surface area contributed by atoms with Crippen molar-refractivity contribution in [3.05, 3.63) is 0 Å². The molecule has 0 N–H and O–H groups in total. The normalized spacial score (nSPS) is 29.5. The summed E-state index contributed by atoms with van der Waals surface area (Å²) in [5.41, 5.74) is 0. The van der Waals surface area contributed by atoms with Crippen LogP contribution < -0.4 is 0 Å². The van der Waals surface area contributed by atoms with Crippen molar-refractivity contribution < 1.29 is 14.3 Å². The highest BCUT2D eigenvalue weighted by Crippen LogP contribution is 2.35. The highest BCUT2D eigenvalue weighted by molar-refractivity contribution is 5.60. The summed E-state index contributed by atoms with van der Waals surface area (Å²) in [5, 5.41) is 0. The van der Waals surface area contributed by atoms with Crippen molar-refractivity contribution in [2.75, 3.05) is 0 Å². The zero-order chi connectivity index (χ0) is 13.0. The van der Waals surface area contributed by atoms with Gasteiger partial charge in [0.05, 0.1) is 6.10 Å². The molecule has 0 spiro atoms. The summed E-state index contributed by atoms with van der Waals surface area (Å²) in [5.74, 6) is 1.67. The lowest BCUT2D eigenvalue weighted by atomic mass is 9.75. The molecule has 0 aliphatic heterocycles. The number of rotatable bonds is 3. The van der Waals surface area contributed by atoms with Crippen molar-refractivity contribution in [3.63, 3.8) is 0 Å². The Balaban J connectivity index is 2.54. The van der Waals surface area contributed by atoms with E-state index < -0.39 is 6.16 Å². The van der Waals surface area contributed by atoms with Crippen molar-refractivity contribution in [1.29, 1.82) is 0 Å². The van der Waals surface area contributed by atoms with Crippen LogP contribution in [0.3, 0.4) is 0 Å². The standard InChI is InChI=1S/C14H26O3/c1-9(2)12-7-6-11(5)8-13(12)17-14(15)16-10(3)4/h9-13H,6-8H2,1-5H3/t11-,12?,13-/m1/s1. The molecule has 3 nitrogen and oxygen atoms in total. The van der Waals surface area contributed by atoms with Crippen LogP contribution in [0, 0.1) is 17.8 Å². The van der Waals surface area contributed by atoms with E-state index in [9.17, 15) is 4.79 Å². The van der Waals surface area contributed by atoms with E-state index in [2.05, 4.69) is 20.8 Å². The maximum Gasteiger partial charge on any atom is 0.508 e. The summed E-state index contributed by atoms with van der Waals surface area (Å²) in [4.78, 5) is 11.6. The van der Waals surface area contributed by atoms with E-state index in [1.807, 2.05) is 13.8 Å². The first-order valence-electron chi connectivity index (χ1n) is 6.77. The van der Waals surface area contributed by atoms with Crippen molar-refractivity contribution in [2.45, 2.75) is 66.1 Å². The molecule has 0 saturated heterocycles. The van der Waals surface area contributed by atoms with Gasteiger partial charge in [-0.05, 0) is 44.4 Å². The van der Waals surface area contributed by atoms with Gasteiger partial charge in [0.1, 0.15) is 6.10 Å². The van der Waals surface area contributed by atoms with Crippen LogP contribution in [0.25, 0.3) is 0 Å². The Labute approximate surface area is 105 Å². The first kappa shape index (κ1) is 14.3. The Morgan fingerprint density at radius 1 is 1.18 bits per heavy atom. The maximum absolute atomic E-state index is 11.6. The average molecular weight is 242 g/mol. The minimum absolute atomic E-state index is 0.0324. The van der Waals surface area contributed by atoms with E-state index in [1.165, 1.54) is 6.42 Å². The van der Waals surface area contributed by atoms with Crippen LogP contribution in [0.15, 0.2) is 0 Å². The van der Waals surface area contributed by atoms with Gasteiger partial charge < -0.3 is 9.47 Å². The molecule has 0 aromatic carbocycles. The molecular weight excluding hydrogens is 216 g/mol. The molecule has 0 heterocycles. The van der Waals surface area contributed by atoms with Gasteiger partial charge in [0.25, 0.3) is 0 Å². The molecule has 1 aliphatic carbocycles. The van der Waals surface area contributed by atoms with Crippen molar-refractivity contribution in [2.24, 2.45) is 17.8 Å². The molecule has 1 saturated carbocycles. The number of carbonyl (C=O) groups excluding carboxylic acids is 1. The third-order valence-electron chi connectivity index (χ3n) is 3.54. The molecule has 1 aliphatic rings. The molecule has 1 unspecified atom stereocenters. The Kier molecular flexibility index (Phi) is 5.29. The summed E-state index contributed by atoms with van der Waals surface area (Å²) >= 11 is 0. The van der Waals surface area contributed by atoms with E-state index in [-0.39, 0.29) is 12.2 Å². The molecule has 3 atom stereocenters. The molecule has 17 heavy (non-hydrogen) atoms. The predicted octanol–water partition coefficient (Wildman–Crippen LogP) is 4.01. The second-order valence-electron chi connectivity index (χ2n) is 5.90. The van der Waals surface area contributed by atoms with Crippen LogP contribution in [0.4, 0.5) is 4.79 Å². The van der Waals surface area contributed by atoms with Crippen molar-refractivity contribution in [1.82, 2.24) is 0 Å². The van der Waals surface area contributed by atoms with Crippen LogP contribution >= 0.6 is 0 Å². The topological polar surface area (TPSA) is 35.5 Å². The number of hydrogen-bond donors (Lipinski definition) is 0. The smallest absolute Gasteiger partial charge is 0.432 e. The second kappa shape index (κ2) is 6.27. The average Bonchev–Trinajstić information content (AvgIpc) is 2.15. The first-order valence-corrected chi connectivity index (χ1v) is 6.77. The van der Waals surface area contributed by atoms with Crippen LogP contribution in [0.5, 0.6) is 0 Å². The Morgan fingerprint density at radius 3 is 2.35 bits per heavy atom. The van der Waals surface area contributed by atoms with Gasteiger partial charge in [0, 0.05) is 0 Å². The third kappa shape index (κ3) is 4.57. The second-order valence-corrected chi connectivity index (χ2v) is 5.90. The Bertz CT molecular complexity index is 248. The third-order valence-corrected chi connectivity index (χ3v) is 3.54. The van der Waals surface area contributed by atoms with Crippen molar-refractivity contribution >= 4 is 6.16 Å². The van der Waals surface area contributed by atoms with Gasteiger partial charge in [-0.1, -0.05) is 27.2 Å². The van der Waals surface area contributed by atoms with Crippen LogP contribution in [-0.2, 0) is 9.47 Å². The maximum atomic E-state index is 11.6. The number of carbonyl (C=O) groups is 1. The summed E-state index contributed by atoms with van der Waals surface area (Å²) in [7, 11) is 0. The molecule has 0 aromatic rings. The van der Waals surface area contributed by atoms with Gasteiger partial charge in [-0.25, -0.2) is 4.79 Å². The molecule has 0 amide bonds. The molecule has 1 fully saturated rings.